The zero-order valence-corrected chi connectivity index (χ0v) is 16.2. The number of likely N-dealkylation sites (tertiary alicyclic amines) is 1. The summed E-state index contributed by atoms with van der Waals surface area (Å²) in [4.78, 5) is 16.2. The molecule has 1 fully saturated rings. The number of piperidine rings is 1. The molecule has 3 aromatic carbocycles. The third-order valence-corrected chi connectivity index (χ3v) is 5.73. The van der Waals surface area contributed by atoms with Gasteiger partial charge < -0.3 is 14.9 Å². The van der Waals surface area contributed by atoms with Crippen molar-refractivity contribution in [2.75, 3.05) is 25.0 Å². The molecular formula is C24H26N2O2. The first kappa shape index (κ1) is 18.5. The first-order valence-corrected chi connectivity index (χ1v) is 9.86. The number of nitrogens with zero attached hydrogens (tertiary/aromatic N) is 2. The van der Waals surface area contributed by atoms with Gasteiger partial charge in [-0.05, 0) is 73.6 Å². The number of rotatable bonds is 5. The number of benzene rings is 3. The Morgan fingerprint density at radius 2 is 1.68 bits per heavy atom. The van der Waals surface area contributed by atoms with Gasteiger partial charge in [0.1, 0.15) is 0 Å². The van der Waals surface area contributed by atoms with E-state index >= 15 is 0 Å². The van der Waals surface area contributed by atoms with E-state index in [0.717, 1.165) is 43.2 Å². The second-order valence-electron chi connectivity index (χ2n) is 7.70. The Labute approximate surface area is 166 Å². The van der Waals surface area contributed by atoms with Gasteiger partial charge in [-0.15, -0.1) is 0 Å². The summed E-state index contributed by atoms with van der Waals surface area (Å²) in [5.74, 6) is -0.886. The monoisotopic (exact) mass is 374 g/mol. The van der Waals surface area contributed by atoms with Crippen LogP contribution in [-0.4, -0.2) is 42.2 Å². The van der Waals surface area contributed by atoms with E-state index in [1.165, 1.54) is 11.3 Å². The van der Waals surface area contributed by atoms with Crippen LogP contribution in [0.25, 0.3) is 10.8 Å². The molecule has 28 heavy (non-hydrogen) atoms. The van der Waals surface area contributed by atoms with Gasteiger partial charge in [0.2, 0.25) is 0 Å². The van der Waals surface area contributed by atoms with Gasteiger partial charge in [-0.2, -0.15) is 0 Å². The zero-order valence-electron chi connectivity index (χ0n) is 16.2. The molecule has 1 aliphatic heterocycles. The van der Waals surface area contributed by atoms with E-state index in [2.05, 4.69) is 59.3 Å². The van der Waals surface area contributed by atoms with Crippen LogP contribution in [0.4, 0.5) is 5.69 Å². The van der Waals surface area contributed by atoms with Crippen molar-refractivity contribution in [3.8, 4) is 0 Å². The Hall–Kier alpha value is -2.85. The van der Waals surface area contributed by atoms with Crippen molar-refractivity contribution in [2.24, 2.45) is 0 Å². The third-order valence-electron chi connectivity index (χ3n) is 5.73. The summed E-state index contributed by atoms with van der Waals surface area (Å²) in [6.07, 6.45) is 2.30. The van der Waals surface area contributed by atoms with E-state index in [4.69, 9.17) is 0 Å². The number of fused-ring (bicyclic) bond motifs is 1. The molecule has 0 saturated carbocycles. The normalized spacial score (nSPS) is 15.6. The Morgan fingerprint density at radius 1 is 1.00 bits per heavy atom. The average Bonchev–Trinajstić information content (AvgIpc) is 2.73. The van der Waals surface area contributed by atoms with Crippen LogP contribution in [0.15, 0.2) is 66.7 Å². The predicted octanol–water partition coefficient (Wildman–Crippen LogP) is 4.64. The third kappa shape index (κ3) is 4.02. The van der Waals surface area contributed by atoms with Crippen LogP contribution in [0.5, 0.6) is 0 Å². The lowest BCUT2D eigenvalue weighted by Gasteiger charge is -2.39. The zero-order chi connectivity index (χ0) is 19.5. The van der Waals surface area contributed by atoms with Gasteiger partial charge in [0.05, 0.1) is 5.56 Å². The van der Waals surface area contributed by atoms with Gasteiger partial charge in [0.25, 0.3) is 0 Å². The Kier molecular flexibility index (Phi) is 5.31. The molecule has 4 rings (SSSR count). The molecule has 1 N–H and O–H groups in total. The van der Waals surface area contributed by atoms with E-state index in [-0.39, 0.29) is 0 Å². The summed E-state index contributed by atoms with van der Waals surface area (Å²) in [5.41, 5.74) is 2.84. The number of hydrogen-bond acceptors (Lipinski definition) is 3. The van der Waals surface area contributed by atoms with Crippen molar-refractivity contribution < 1.29 is 9.90 Å². The minimum atomic E-state index is -0.886. The van der Waals surface area contributed by atoms with Crippen LogP contribution >= 0.6 is 0 Å². The van der Waals surface area contributed by atoms with Crippen LogP contribution in [0.2, 0.25) is 0 Å². The first-order valence-electron chi connectivity index (χ1n) is 9.86. The van der Waals surface area contributed by atoms with Gasteiger partial charge in [0, 0.05) is 18.3 Å². The van der Waals surface area contributed by atoms with E-state index in [0.29, 0.717) is 11.6 Å². The molecule has 0 unspecified atom stereocenters. The SMILES string of the molecule is CN1CCC(N(Cc2ccccc2)c2ccc3cc(C(=O)O)ccc3c2)CC1. The maximum absolute atomic E-state index is 11.2. The van der Waals surface area contributed by atoms with Gasteiger partial charge in [0.15, 0.2) is 0 Å². The molecule has 4 nitrogen and oxygen atoms in total. The first-order chi connectivity index (χ1) is 13.6. The van der Waals surface area contributed by atoms with E-state index in [1.807, 2.05) is 12.1 Å². The van der Waals surface area contributed by atoms with E-state index in [1.54, 1.807) is 12.1 Å². The van der Waals surface area contributed by atoms with Gasteiger partial charge in [-0.25, -0.2) is 4.79 Å². The second-order valence-corrected chi connectivity index (χ2v) is 7.70. The lowest BCUT2D eigenvalue weighted by molar-refractivity contribution is 0.0697. The molecular weight excluding hydrogens is 348 g/mol. The quantitative estimate of drug-likeness (QED) is 0.707. The summed E-state index contributed by atoms with van der Waals surface area (Å²) >= 11 is 0. The number of aromatic carboxylic acids is 1. The molecule has 0 aromatic heterocycles. The maximum Gasteiger partial charge on any atom is 0.335 e. The van der Waals surface area contributed by atoms with Crippen LogP contribution in [0.3, 0.4) is 0 Å². The highest BCUT2D eigenvalue weighted by Gasteiger charge is 2.24. The summed E-state index contributed by atoms with van der Waals surface area (Å²) in [7, 11) is 2.19. The Bertz CT molecular complexity index is 963. The number of anilines is 1. The maximum atomic E-state index is 11.2. The summed E-state index contributed by atoms with van der Waals surface area (Å²) < 4.78 is 0. The van der Waals surface area contributed by atoms with Gasteiger partial charge >= 0.3 is 5.97 Å². The fraction of sp³-hybridized carbons (Fsp3) is 0.292. The van der Waals surface area contributed by atoms with Crippen molar-refractivity contribution in [1.82, 2.24) is 4.90 Å². The topological polar surface area (TPSA) is 43.8 Å². The Morgan fingerprint density at radius 3 is 2.39 bits per heavy atom. The van der Waals surface area contributed by atoms with Crippen molar-refractivity contribution in [2.45, 2.75) is 25.4 Å². The highest BCUT2D eigenvalue weighted by Crippen LogP contribution is 2.29. The smallest absolute Gasteiger partial charge is 0.335 e. The minimum Gasteiger partial charge on any atom is -0.478 e. The summed E-state index contributed by atoms with van der Waals surface area (Å²) in [6.45, 7) is 3.12. The molecule has 0 radical (unpaired) electrons. The number of carboxylic acid groups (broad SMARTS) is 1. The molecule has 1 heterocycles. The average molecular weight is 374 g/mol. The molecule has 0 bridgehead atoms. The van der Waals surface area contributed by atoms with Gasteiger partial charge in [-0.1, -0.05) is 42.5 Å². The molecule has 3 aromatic rings. The Balaban J connectivity index is 1.68. The van der Waals surface area contributed by atoms with Crippen molar-refractivity contribution in [1.29, 1.82) is 0 Å². The molecule has 0 atom stereocenters. The number of carbonyl (C=O) groups is 1. The largest absolute Gasteiger partial charge is 0.478 e. The highest BCUT2D eigenvalue weighted by molar-refractivity contribution is 5.95. The molecule has 0 spiro atoms. The van der Waals surface area contributed by atoms with Crippen LogP contribution < -0.4 is 4.90 Å². The van der Waals surface area contributed by atoms with Crippen LogP contribution in [-0.2, 0) is 6.54 Å². The number of carboxylic acids is 1. The van der Waals surface area contributed by atoms with Crippen LogP contribution in [0.1, 0.15) is 28.8 Å². The highest BCUT2D eigenvalue weighted by atomic mass is 16.4. The van der Waals surface area contributed by atoms with E-state index < -0.39 is 5.97 Å². The fourth-order valence-corrected chi connectivity index (χ4v) is 4.06. The number of hydrogen-bond donors (Lipinski definition) is 1. The standard InChI is InChI=1S/C24H26N2O2/c1-25-13-11-22(12-14-25)26(17-18-5-3-2-4-6-18)23-10-9-19-15-21(24(27)28)8-7-20(19)16-23/h2-10,15-16,22H,11-14,17H2,1H3,(H,27,28). The molecule has 1 aliphatic rings. The molecule has 144 valence electrons. The summed E-state index contributed by atoms with van der Waals surface area (Å²) in [5, 5.41) is 11.3. The van der Waals surface area contributed by atoms with Crippen LogP contribution in [0, 0.1) is 0 Å². The van der Waals surface area contributed by atoms with E-state index in [9.17, 15) is 9.90 Å². The van der Waals surface area contributed by atoms with Crippen molar-refractivity contribution in [3.63, 3.8) is 0 Å². The minimum absolute atomic E-state index is 0.330. The molecule has 0 amide bonds. The molecule has 4 heteroatoms. The van der Waals surface area contributed by atoms with Crippen molar-refractivity contribution in [3.05, 3.63) is 77.9 Å². The molecule has 1 saturated heterocycles. The van der Waals surface area contributed by atoms with Gasteiger partial charge in [-0.3, -0.25) is 0 Å². The lowest BCUT2D eigenvalue weighted by atomic mass is 10.00. The second kappa shape index (κ2) is 8.03. The lowest BCUT2D eigenvalue weighted by Crippen LogP contribution is -2.43. The fourth-order valence-electron chi connectivity index (χ4n) is 4.06. The molecule has 0 aliphatic carbocycles. The van der Waals surface area contributed by atoms with Crippen molar-refractivity contribution >= 4 is 22.4 Å². The summed E-state index contributed by atoms with van der Waals surface area (Å²) in [6, 6.07) is 22.8. The predicted molar refractivity (Wildman–Crippen MR) is 114 cm³/mol.